The Morgan fingerprint density at radius 3 is 2.88 bits per heavy atom. The van der Waals surface area contributed by atoms with Crippen molar-refractivity contribution in [3.05, 3.63) is 64.9 Å². The Kier molecular flexibility index (Phi) is 4.55. The minimum Gasteiger partial charge on any atom is -0.330 e. The molecule has 4 nitrogen and oxygen atoms in total. The van der Waals surface area contributed by atoms with E-state index < -0.39 is 0 Å². The van der Waals surface area contributed by atoms with Crippen LogP contribution in [0, 0.1) is 0 Å². The highest BCUT2D eigenvalue weighted by Crippen LogP contribution is 2.41. The SMILES string of the molecule is NCCC1CCCc2c1c(-c1cccc(Cl)c1)nn2-c1ccccn1. The minimum atomic E-state index is 0.445. The van der Waals surface area contributed by atoms with Gasteiger partial charge in [-0.25, -0.2) is 9.67 Å². The fraction of sp³-hybridized carbons (Fsp3) is 0.300. The summed E-state index contributed by atoms with van der Waals surface area (Å²) in [5.74, 6) is 1.31. The van der Waals surface area contributed by atoms with Crippen molar-refractivity contribution < 1.29 is 0 Å². The molecule has 1 aromatic carbocycles. The third-order valence-electron chi connectivity index (χ3n) is 4.88. The van der Waals surface area contributed by atoms with E-state index in [0.29, 0.717) is 12.5 Å². The van der Waals surface area contributed by atoms with Crippen LogP contribution < -0.4 is 5.73 Å². The van der Waals surface area contributed by atoms with Crippen LogP contribution in [0.5, 0.6) is 0 Å². The lowest BCUT2D eigenvalue weighted by Gasteiger charge is -2.23. The van der Waals surface area contributed by atoms with Crippen molar-refractivity contribution in [2.45, 2.75) is 31.6 Å². The normalized spacial score (nSPS) is 16.6. The molecule has 0 saturated carbocycles. The van der Waals surface area contributed by atoms with Crippen molar-refractivity contribution >= 4 is 11.6 Å². The molecule has 0 radical (unpaired) electrons. The molecule has 1 aliphatic carbocycles. The topological polar surface area (TPSA) is 56.7 Å². The van der Waals surface area contributed by atoms with Crippen LogP contribution in [-0.4, -0.2) is 21.3 Å². The molecule has 0 saturated heterocycles. The van der Waals surface area contributed by atoms with E-state index in [1.54, 1.807) is 0 Å². The summed E-state index contributed by atoms with van der Waals surface area (Å²) in [7, 11) is 0. The number of rotatable bonds is 4. The van der Waals surface area contributed by atoms with Crippen LogP contribution in [0.3, 0.4) is 0 Å². The van der Waals surface area contributed by atoms with Gasteiger partial charge in [0.2, 0.25) is 0 Å². The maximum atomic E-state index is 6.23. The number of benzene rings is 1. The second kappa shape index (κ2) is 6.98. The Morgan fingerprint density at radius 1 is 1.20 bits per heavy atom. The summed E-state index contributed by atoms with van der Waals surface area (Å²) in [5.41, 5.74) is 10.5. The van der Waals surface area contributed by atoms with Crippen molar-refractivity contribution in [2.75, 3.05) is 6.54 Å². The van der Waals surface area contributed by atoms with Gasteiger partial charge in [0.25, 0.3) is 0 Å². The Balaban J connectivity index is 1.93. The molecule has 5 heteroatoms. The van der Waals surface area contributed by atoms with Crippen LogP contribution in [0.25, 0.3) is 17.1 Å². The number of pyridine rings is 1. The largest absolute Gasteiger partial charge is 0.330 e. The van der Waals surface area contributed by atoms with Crippen LogP contribution in [0.1, 0.15) is 36.4 Å². The van der Waals surface area contributed by atoms with Crippen molar-refractivity contribution in [1.29, 1.82) is 0 Å². The molecule has 0 aliphatic heterocycles. The Bertz CT molecular complexity index is 873. The van der Waals surface area contributed by atoms with Gasteiger partial charge in [-0.3, -0.25) is 0 Å². The highest BCUT2D eigenvalue weighted by Gasteiger charge is 2.29. The smallest absolute Gasteiger partial charge is 0.153 e. The van der Waals surface area contributed by atoms with E-state index in [1.165, 1.54) is 11.3 Å². The van der Waals surface area contributed by atoms with Gasteiger partial charge in [0, 0.05) is 22.3 Å². The molecule has 4 rings (SSSR count). The summed E-state index contributed by atoms with van der Waals surface area (Å²) in [6.07, 6.45) is 6.12. The van der Waals surface area contributed by atoms with Crippen molar-refractivity contribution in [2.24, 2.45) is 5.73 Å². The van der Waals surface area contributed by atoms with Crippen molar-refractivity contribution in [3.8, 4) is 17.1 Å². The molecule has 128 valence electrons. The molecule has 25 heavy (non-hydrogen) atoms. The van der Waals surface area contributed by atoms with Crippen LogP contribution in [0.2, 0.25) is 5.02 Å². The standard InChI is InChI=1S/C20H21ClN4/c21-16-7-3-6-15(13-16)20-19-14(10-11-22)5-4-8-17(19)25(24-20)18-9-1-2-12-23-18/h1-3,6-7,9,12-14H,4-5,8,10-11,22H2. The Hall–Kier alpha value is -2.17. The van der Waals surface area contributed by atoms with E-state index in [1.807, 2.05) is 47.3 Å². The molecule has 1 atom stereocenters. The lowest BCUT2D eigenvalue weighted by molar-refractivity contribution is 0.518. The van der Waals surface area contributed by atoms with Gasteiger partial charge in [0.1, 0.15) is 0 Å². The third-order valence-corrected chi connectivity index (χ3v) is 5.11. The van der Waals surface area contributed by atoms with Crippen molar-refractivity contribution in [1.82, 2.24) is 14.8 Å². The monoisotopic (exact) mass is 352 g/mol. The van der Waals surface area contributed by atoms with E-state index in [4.69, 9.17) is 22.4 Å². The molecule has 3 aromatic rings. The quantitative estimate of drug-likeness (QED) is 0.759. The van der Waals surface area contributed by atoms with Gasteiger partial charge < -0.3 is 5.73 Å². The maximum absolute atomic E-state index is 6.23. The summed E-state index contributed by atoms with van der Waals surface area (Å²) in [6.45, 7) is 0.688. The molecule has 0 spiro atoms. The number of fused-ring (bicyclic) bond motifs is 1. The lowest BCUT2D eigenvalue weighted by Crippen LogP contribution is -2.15. The van der Waals surface area contributed by atoms with Gasteiger partial charge in [-0.2, -0.15) is 5.10 Å². The van der Waals surface area contributed by atoms with E-state index in [2.05, 4.69) is 11.1 Å². The lowest BCUT2D eigenvalue weighted by atomic mass is 9.82. The van der Waals surface area contributed by atoms with Crippen LogP contribution in [0.4, 0.5) is 0 Å². The number of aromatic nitrogens is 3. The van der Waals surface area contributed by atoms with E-state index >= 15 is 0 Å². The number of hydrogen-bond donors (Lipinski definition) is 1. The average molecular weight is 353 g/mol. The first-order valence-corrected chi connectivity index (χ1v) is 9.15. The molecule has 0 bridgehead atoms. The van der Waals surface area contributed by atoms with Gasteiger partial charge in [0.15, 0.2) is 5.82 Å². The summed E-state index contributed by atoms with van der Waals surface area (Å²) < 4.78 is 2.01. The zero-order valence-corrected chi connectivity index (χ0v) is 14.8. The molecule has 1 aliphatic rings. The number of hydrogen-bond acceptors (Lipinski definition) is 3. The van der Waals surface area contributed by atoms with Gasteiger partial charge in [-0.15, -0.1) is 0 Å². The van der Waals surface area contributed by atoms with Crippen LogP contribution in [0.15, 0.2) is 48.7 Å². The molecular formula is C20H21ClN4. The first-order chi connectivity index (χ1) is 12.3. The predicted octanol–water partition coefficient (Wildman–Crippen LogP) is 4.36. The fourth-order valence-corrected chi connectivity index (χ4v) is 3.99. The van der Waals surface area contributed by atoms with Crippen LogP contribution >= 0.6 is 11.6 Å². The second-order valence-corrected chi connectivity index (χ2v) is 6.92. The zero-order chi connectivity index (χ0) is 17.2. The van der Waals surface area contributed by atoms with E-state index in [0.717, 1.165) is 47.8 Å². The minimum absolute atomic E-state index is 0.445. The number of halogens is 1. The summed E-state index contributed by atoms with van der Waals surface area (Å²) in [5, 5.41) is 5.69. The fourth-order valence-electron chi connectivity index (χ4n) is 3.80. The van der Waals surface area contributed by atoms with Gasteiger partial charge in [0.05, 0.1) is 11.4 Å². The molecule has 1 unspecified atom stereocenters. The van der Waals surface area contributed by atoms with Gasteiger partial charge in [-0.05, 0) is 62.4 Å². The molecule has 2 aromatic heterocycles. The Morgan fingerprint density at radius 2 is 2.12 bits per heavy atom. The summed E-state index contributed by atoms with van der Waals surface area (Å²) in [4.78, 5) is 4.50. The molecular weight excluding hydrogens is 332 g/mol. The first kappa shape index (κ1) is 16.3. The Labute approximate surface area is 152 Å². The molecule has 0 fully saturated rings. The zero-order valence-electron chi connectivity index (χ0n) is 14.0. The molecule has 0 amide bonds. The molecule has 2 heterocycles. The van der Waals surface area contributed by atoms with Gasteiger partial charge >= 0.3 is 0 Å². The molecule has 2 N–H and O–H groups in total. The van der Waals surface area contributed by atoms with E-state index in [9.17, 15) is 0 Å². The summed E-state index contributed by atoms with van der Waals surface area (Å²) in [6, 6.07) is 13.9. The highest BCUT2D eigenvalue weighted by atomic mass is 35.5. The van der Waals surface area contributed by atoms with Crippen LogP contribution in [-0.2, 0) is 6.42 Å². The number of nitrogens with two attached hydrogens (primary N) is 1. The predicted molar refractivity (Wildman–Crippen MR) is 101 cm³/mol. The second-order valence-electron chi connectivity index (χ2n) is 6.49. The summed E-state index contributed by atoms with van der Waals surface area (Å²) >= 11 is 6.23. The first-order valence-electron chi connectivity index (χ1n) is 8.77. The highest BCUT2D eigenvalue weighted by molar-refractivity contribution is 6.30. The number of nitrogens with zero attached hydrogens (tertiary/aromatic N) is 3. The third kappa shape index (κ3) is 3.08. The van der Waals surface area contributed by atoms with E-state index in [-0.39, 0.29) is 0 Å². The van der Waals surface area contributed by atoms with Gasteiger partial charge in [-0.1, -0.05) is 29.8 Å². The maximum Gasteiger partial charge on any atom is 0.153 e. The average Bonchev–Trinajstić information content (AvgIpc) is 3.03. The van der Waals surface area contributed by atoms with Crippen molar-refractivity contribution in [3.63, 3.8) is 0 Å².